The summed E-state index contributed by atoms with van der Waals surface area (Å²) in [6, 6.07) is 12.0. The number of imidazole rings is 1. The second-order valence-corrected chi connectivity index (χ2v) is 7.65. The van der Waals surface area contributed by atoms with Crippen LogP contribution in [0, 0.1) is 0 Å². The van der Waals surface area contributed by atoms with Crippen molar-refractivity contribution in [1.82, 2.24) is 24.3 Å². The molecular formula is C23H19F3N6O. The number of halogens is 3. The number of piperazine rings is 1. The highest BCUT2D eigenvalue weighted by Crippen LogP contribution is 2.33. The molecule has 5 rings (SSSR count). The van der Waals surface area contributed by atoms with Gasteiger partial charge in [0, 0.05) is 50.3 Å². The minimum atomic E-state index is -4.47. The zero-order valence-corrected chi connectivity index (χ0v) is 17.4. The summed E-state index contributed by atoms with van der Waals surface area (Å²) in [6.07, 6.45) is 0.574. The van der Waals surface area contributed by atoms with E-state index in [0.717, 1.165) is 12.1 Å². The number of carbonyl (C=O) groups excluding carboxylic acids is 1. The third-order valence-corrected chi connectivity index (χ3v) is 5.60. The normalized spacial score (nSPS) is 14.6. The van der Waals surface area contributed by atoms with Gasteiger partial charge in [0.05, 0.1) is 16.8 Å². The molecule has 4 aromatic rings. The number of hydrogen-bond acceptors (Lipinski definition) is 5. The molecular weight excluding hydrogens is 433 g/mol. The van der Waals surface area contributed by atoms with E-state index >= 15 is 0 Å². The second kappa shape index (κ2) is 8.19. The molecule has 0 N–H and O–H groups in total. The summed E-state index contributed by atoms with van der Waals surface area (Å²) in [5.74, 6) is 0.508. The van der Waals surface area contributed by atoms with Crippen LogP contribution in [0.2, 0.25) is 0 Å². The molecule has 0 saturated carbocycles. The van der Waals surface area contributed by atoms with E-state index in [1.165, 1.54) is 6.07 Å². The van der Waals surface area contributed by atoms with Crippen molar-refractivity contribution in [1.29, 1.82) is 0 Å². The smallest absolute Gasteiger partial charge is 0.337 e. The van der Waals surface area contributed by atoms with Crippen molar-refractivity contribution in [2.75, 3.05) is 31.1 Å². The quantitative estimate of drug-likeness (QED) is 0.474. The van der Waals surface area contributed by atoms with Gasteiger partial charge in [-0.1, -0.05) is 18.2 Å². The van der Waals surface area contributed by atoms with Crippen molar-refractivity contribution in [2.24, 2.45) is 0 Å². The monoisotopic (exact) mass is 452 g/mol. The Morgan fingerprint density at radius 1 is 0.909 bits per heavy atom. The summed E-state index contributed by atoms with van der Waals surface area (Å²) in [4.78, 5) is 30.0. The van der Waals surface area contributed by atoms with E-state index in [1.807, 2.05) is 4.90 Å². The average Bonchev–Trinajstić information content (AvgIpc) is 3.24. The van der Waals surface area contributed by atoms with E-state index in [1.54, 1.807) is 58.2 Å². The van der Waals surface area contributed by atoms with Gasteiger partial charge in [-0.15, -0.1) is 0 Å². The number of carbonyl (C=O) groups is 1. The van der Waals surface area contributed by atoms with Crippen molar-refractivity contribution in [2.45, 2.75) is 6.18 Å². The first-order valence-electron chi connectivity index (χ1n) is 10.4. The molecule has 1 aliphatic rings. The maximum atomic E-state index is 13.3. The van der Waals surface area contributed by atoms with Gasteiger partial charge >= 0.3 is 6.18 Å². The van der Waals surface area contributed by atoms with Crippen LogP contribution in [0.3, 0.4) is 0 Å². The van der Waals surface area contributed by atoms with Gasteiger partial charge in [0.25, 0.3) is 5.91 Å². The van der Waals surface area contributed by atoms with Crippen LogP contribution in [0.15, 0.2) is 67.1 Å². The number of pyridine rings is 1. The molecule has 1 saturated heterocycles. The lowest BCUT2D eigenvalue weighted by molar-refractivity contribution is -0.137. The van der Waals surface area contributed by atoms with Crippen molar-refractivity contribution in [3.8, 4) is 11.3 Å². The lowest BCUT2D eigenvalue weighted by Crippen LogP contribution is -2.49. The summed E-state index contributed by atoms with van der Waals surface area (Å²) in [6.45, 7) is 2.05. The molecule has 1 fully saturated rings. The SMILES string of the molecule is O=C(c1nc(-c2cccc(C(F)(F)F)c2)c2ccccn12)N1CCN(c2ncccn2)CC1. The summed E-state index contributed by atoms with van der Waals surface area (Å²) < 4.78 is 41.3. The summed E-state index contributed by atoms with van der Waals surface area (Å²) in [5.41, 5.74) is 0.445. The molecule has 1 amide bonds. The zero-order valence-electron chi connectivity index (χ0n) is 17.4. The molecule has 4 heterocycles. The fraction of sp³-hybridized carbons (Fsp3) is 0.217. The van der Waals surface area contributed by atoms with Crippen molar-refractivity contribution in [3.05, 3.63) is 78.5 Å². The number of alkyl halides is 3. The maximum absolute atomic E-state index is 13.3. The van der Waals surface area contributed by atoms with Crippen LogP contribution >= 0.6 is 0 Å². The van der Waals surface area contributed by atoms with Gasteiger partial charge in [-0.05, 0) is 30.3 Å². The van der Waals surface area contributed by atoms with E-state index in [4.69, 9.17) is 0 Å². The Balaban J connectivity index is 1.45. The molecule has 33 heavy (non-hydrogen) atoms. The molecule has 168 valence electrons. The Morgan fingerprint density at radius 3 is 2.39 bits per heavy atom. The van der Waals surface area contributed by atoms with Crippen molar-refractivity contribution < 1.29 is 18.0 Å². The minimum absolute atomic E-state index is 0.169. The molecule has 0 spiro atoms. The Morgan fingerprint density at radius 2 is 1.67 bits per heavy atom. The van der Waals surface area contributed by atoms with E-state index in [0.29, 0.717) is 48.9 Å². The minimum Gasteiger partial charge on any atom is -0.337 e. The van der Waals surface area contributed by atoms with Crippen LogP contribution in [0.25, 0.3) is 16.8 Å². The molecule has 0 unspecified atom stereocenters. The van der Waals surface area contributed by atoms with Gasteiger partial charge in [-0.25, -0.2) is 15.0 Å². The van der Waals surface area contributed by atoms with Crippen molar-refractivity contribution >= 4 is 17.4 Å². The van der Waals surface area contributed by atoms with Gasteiger partial charge in [0.2, 0.25) is 11.8 Å². The van der Waals surface area contributed by atoms with Gasteiger partial charge in [0.15, 0.2) is 0 Å². The number of fused-ring (bicyclic) bond motifs is 1. The molecule has 1 aliphatic heterocycles. The first-order chi connectivity index (χ1) is 15.9. The van der Waals surface area contributed by atoms with Crippen LogP contribution in [-0.2, 0) is 6.18 Å². The van der Waals surface area contributed by atoms with Crippen LogP contribution in [-0.4, -0.2) is 56.3 Å². The van der Waals surface area contributed by atoms with Gasteiger partial charge in [-0.2, -0.15) is 13.2 Å². The number of aromatic nitrogens is 4. The fourth-order valence-electron chi connectivity index (χ4n) is 3.95. The highest BCUT2D eigenvalue weighted by Gasteiger charge is 2.31. The van der Waals surface area contributed by atoms with Crippen LogP contribution < -0.4 is 4.90 Å². The standard InChI is InChI=1S/C23H19F3N6O/c24-23(25,26)17-6-3-5-16(15-17)19-18-7-1-2-10-32(18)20(29-19)21(33)30-11-13-31(14-12-30)22-27-8-4-9-28-22/h1-10,15H,11-14H2. The summed E-state index contributed by atoms with van der Waals surface area (Å²) in [7, 11) is 0. The Kier molecular flexibility index (Phi) is 5.20. The van der Waals surface area contributed by atoms with E-state index in [-0.39, 0.29) is 11.7 Å². The highest BCUT2D eigenvalue weighted by molar-refractivity contribution is 5.94. The Bertz CT molecular complexity index is 1300. The summed E-state index contributed by atoms with van der Waals surface area (Å²) >= 11 is 0. The summed E-state index contributed by atoms with van der Waals surface area (Å²) in [5, 5.41) is 0. The number of anilines is 1. The fourth-order valence-corrected chi connectivity index (χ4v) is 3.95. The molecule has 0 atom stereocenters. The third kappa shape index (κ3) is 3.99. The first-order valence-corrected chi connectivity index (χ1v) is 10.4. The second-order valence-electron chi connectivity index (χ2n) is 7.65. The van der Waals surface area contributed by atoms with Crippen LogP contribution in [0.4, 0.5) is 19.1 Å². The van der Waals surface area contributed by atoms with E-state index < -0.39 is 11.7 Å². The van der Waals surface area contributed by atoms with Crippen LogP contribution in [0.1, 0.15) is 16.2 Å². The third-order valence-electron chi connectivity index (χ3n) is 5.60. The average molecular weight is 452 g/mol. The first kappa shape index (κ1) is 20.9. The highest BCUT2D eigenvalue weighted by atomic mass is 19.4. The maximum Gasteiger partial charge on any atom is 0.416 e. The lowest BCUT2D eigenvalue weighted by atomic mass is 10.1. The van der Waals surface area contributed by atoms with Crippen LogP contribution in [0.5, 0.6) is 0 Å². The molecule has 0 radical (unpaired) electrons. The lowest BCUT2D eigenvalue weighted by Gasteiger charge is -2.34. The predicted molar refractivity (Wildman–Crippen MR) is 116 cm³/mol. The molecule has 3 aromatic heterocycles. The Hall–Kier alpha value is -3.95. The zero-order chi connectivity index (χ0) is 23.0. The molecule has 0 bridgehead atoms. The molecule has 0 aliphatic carbocycles. The number of rotatable bonds is 3. The number of benzene rings is 1. The van der Waals surface area contributed by atoms with Gasteiger partial charge < -0.3 is 9.80 Å². The number of hydrogen-bond donors (Lipinski definition) is 0. The molecule has 1 aromatic carbocycles. The topological polar surface area (TPSA) is 66.6 Å². The van der Waals surface area contributed by atoms with E-state index in [9.17, 15) is 18.0 Å². The van der Waals surface area contributed by atoms with Crippen molar-refractivity contribution in [3.63, 3.8) is 0 Å². The number of nitrogens with zero attached hydrogens (tertiary/aromatic N) is 6. The van der Waals surface area contributed by atoms with Gasteiger partial charge in [-0.3, -0.25) is 9.20 Å². The largest absolute Gasteiger partial charge is 0.416 e. The molecule has 10 heteroatoms. The Labute approximate surface area is 187 Å². The molecule has 7 nitrogen and oxygen atoms in total. The predicted octanol–water partition coefficient (Wildman–Crippen LogP) is 3.77. The van der Waals surface area contributed by atoms with Gasteiger partial charge in [0.1, 0.15) is 0 Å². The number of amides is 1. The van der Waals surface area contributed by atoms with E-state index in [2.05, 4.69) is 15.0 Å².